The van der Waals surface area contributed by atoms with Crippen LogP contribution in [0.5, 0.6) is 0 Å². The number of carbonyl (C=O) groups is 2. The molecule has 5 rings (SSSR count). The van der Waals surface area contributed by atoms with E-state index in [1.165, 1.54) is 5.56 Å². The highest BCUT2D eigenvalue weighted by molar-refractivity contribution is 5.94. The maximum Gasteiger partial charge on any atom is 0.253 e. The Bertz CT molecular complexity index is 1030. The summed E-state index contributed by atoms with van der Waals surface area (Å²) in [6, 6.07) is 16.7. The smallest absolute Gasteiger partial charge is 0.253 e. The van der Waals surface area contributed by atoms with Gasteiger partial charge in [-0.2, -0.15) is 0 Å². The first kappa shape index (κ1) is 23.1. The van der Waals surface area contributed by atoms with Gasteiger partial charge < -0.3 is 14.9 Å². The van der Waals surface area contributed by atoms with Crippen molar-refractivity contribution in [2.24, 2.45) is 5.92 Å². The first-order chi connectivity index (χ1) is 16.5. The minimum atomic E-state index is -0.0000999. The summed E-state index contributed by atoms with van der Waals surface area (Å²) in [4.78, 5) is 31.1. The summed E-state index contributed by atoms with van der Waals surface area (Å²) < 4.78 is 0. The van der Waals surface area contributed by atoms with Crippen molar-refractivity contribution in [2.45, 2.75) is 43.7 Å². The van der Waals surface area contributed by atoms with Gasteiger partial charge in [0, 0.05) is 56.7 Å². The summed E-state index contributed by atoms with van der Waals surface area (Å²) in [7, 11) is 3.51. The Hall–Kier alpha value is -2.70. The predicted octanol–water partition coefficient (Wildman–Crippen LogP) is 3.22. The molecule has 0 aromatic heterocycles. The molecular weight excluding hydrogens is 426 g/mol. The molecular formula is C28H35N3O3. The third-order valence-electron chi connectivity index (χ3n) is 7.78. The maximum absolute atomic E-state index is 12.8. The number of aliphatic hydroxyl groups is 1. The maximum atomic E-state index is 12.8. The minimum absolute atomic E-state index is 0.0000999. The molecule has 0 spiro atoms. The second-order valence-electron chi connectivity index (χ2n) is 10.2. The number of nitrogens with zero attached hydrogens (tertiary/aromatic N) is 3. The third-order valence-corrected chi connectivity index (χ3v) is 7.78. The fraction of sp³-hybridized carbons (Fsp3) is 0.500. The summed E-state index contributed by atoms with van der Waals surface area (Å²) >= 11 is 0. The second-order valence-corrected chi connectivity index (χ2v) is 10.2. The number of rotatable bonds is 5. The molecule has 2 aromatic carbocycles. The van der Waals surface area contributed by atoms with Crippen LogP contribution in [0.2, 0.25) is 0 Å². The lowest BCUT2D eigenvalue weighted by Gasteiger charge is -2.57. The third kappa shape index (κ3) is 4.37. The fourth-order valence-electron chi connectivity index (χ4n) is 5.69. The molecule has 34 heavy (non-hydrogen) atoms. The Morgan fingerprint density at radius 2 is 1.56 bits per heavy atom. The lowest BCUT2D eigenvalue weighted by Crippen LogP contribution is -2.68. The molecule has 1 aliphatic carbocycles. The van der Waals surface area contributed by atoms with Gasteiger partial charge in [-0.15, -0.1) is 0 Å². The molecule has 2 amide bonds. The Balaban J connectivity index is 1.34. The zero-order valence-electron chi connectivity index (χ0n) is 20.2. The number of hydrogen-bond acceptors (Lipinski definition) is 4. The van der Waals surface area contributed by atoms with Gasteiger partial charge in [-0.05, 0) is 61.1 Å². The molecule has 2 saturated heterocycles. The van der Waals surface area contributed by atoms with Gasteiger partial charge in [-0.25, -0.2) is 0 Å². The van der Waals surface area contributed by atoms with Gasteiger partial charge in [-0.1, -0.05) is 36.4 Å². The van der Waals surface area contributed by atoms with Crippen molar-refractivity contribution in [1.29, 1.82) is 0 Å². The summed E-state index contributed by atoms with van der Waals surface area (Å²) in [6.07, 6.45) is 4.19. The lowest BCUT2D eigenvalue weighted by molar-refractivity contribution is -0.137. The molecule has 2 aromatic rings. The lowest BCUT2D eigenvalue weighted by atomic mass is 9.74. The molecule has 3 atom stereocenters. The minimum Gasteiger partial charge on any atom is -0.395 e. The number of amides is 2. The van der Waals surface area contributed by atoms with E-state index < -0.39 is 0 Å². The summed E-state index contributed by atoms with van der Waals surface area (Å²) in [6.45, 7) is 2.76. The van der Waals surface area contributed by atoms with Crippen LogP contribution in [-0.4, -0.2) is 84.0 Å². The molecule has 2 heterocycles. The highest BCUT2D eigenvalue weighted by atomic mass is 16.3. The van der Waals surface area contributed by atoms with Crippen LogP contribution in [0.15, 0.2) is 48.5 Å². The molecule has 1 saturated carbocycles. The average molecular weight is 462 g/mol. The number of aliphatic hydroxyl groups excluding tert-OH is 1. The molecule has 6 heteroatoms. The Morgan fingerprint density at radius 1 is 0.941 bits per heavy atom. The van der Waals surface area contributed by atoms with E-state index in [1.807, 2.05) is 24.3 Å². The molecule has 0 unspecified atom stereocenters. The second kappa shape index (κ2) is 9.51. The van der Waals surface area contributed by atoms with E-state index in [4.69, 9.17) is 0 Å². The highest BCUT2D eigenvalue weighted by Crippen LogP contribution is 2.43. The molecule has 0 bridgehead atoms. The highest BCUT2D eigenvalue weighted by Gasteiger charge is 2.50. The van der Waals surface area contributed by atoms with Crippen molar-refractivity contribution in [3.63, 3.8) is 0 Å². The Kier molecular flexibility index (Phi) is 6.45. The number of hydrogen-bond donors (Lipinski definition) is 1. The first-order valence-electron chi connectivity index (χ1n) is 12.6. The van der Waals surface area contributed by atoms with E-state index in [1.54, 1.807) is 19.0 Å². The summed E-state index contributed by atoms with van der Waals surface area (Å²) in [5, 5.41) is 10.2. The molecule has 6 nitrogen and oxygen atoms in total. The zero-order chi connectivity index (χ0) is 23.8. The Labute approximate surface area is 202 Å². The molecule has 3 fully saturated rings. The average Bonchev–Trinajstić information content (AvgIpc) is 3.68. The Morgan fingerprint density at radius 3 is 2.15 bits per heavy atom. The van der Waals surface area contributed by atoms with E-state index in [2.05, 4.69) is 34.1 Å². The van der Waals surface area contributed by atoms with Crippen molar-refractivity contribution in [2.75, 3.05) is 40.3 Å². The van der Waals surface area contributed by atoms with Crippen molar-refractivity contribution < 1.29 is 14.7 Å². The van der Waals surface area contributed by atoms with Crippen molar-refractivity contribution in [3.8, 4) is 11.1 Å². The van der Waals surface area contributed by atoms with E-state index in [0.717, 1.165) is 56.4 Å². The van der Waals surface area contributed by atoms with Crippen molar-refractivity contribution >= 4 is 11.8 Å². The van der Waals surface area contributed by atoms with Gasteiger partial charge in [0.25, 0.3) is 5.91 Å². The molecule has 2 aliphatic heterocycles. The summed E-state index contributed by atoms with van der Waals surface area (Å²) in [5.41, 5.74) is 4.08. The molecule has 180 valence electrons. The van der Waals surface area contributed by atoms with Crippen molar-refractivity contribution in [1.82, 2.24) is 14.7 Å². The standard InChI is InChI=1S/C28H35N3O3/c1-29(2)27(33)22-11-7-20(8-12-22)19-5-9-21(10-6-19)26-24-17-30(28(34)23-13-14-23)15-3-4-16-31(24)25(26)18-32/h5-12,23-26,32H,3-4,13-18H2,1-2H3/t24-,25-,26-/m0/s1. The number of carbonyl (C=O) groups excluding carboxylic acids is 2. The monoisotopic (exact) mass is 461 g/mol. The van der Waals surface area contributed by atoms with Crippen LogP contribution in [0.4, 0.5) is 0 Å². The van der Waals surface area contributed by atoms with Gasteiger partial charge in [0.2, 0.25) is 5.91 Å². The molecule has 0 radical (unpaired) electrons. The zero-order valence-corrected chi connectivity index (χ0v) is 20.2. The first-order valence-corrected chi connectivity index (χ1v) is 12.6. The molecule has 3 aliphatic rings. The van der Waals surface area contributed by atoms with E-state index in [9.17, 15) is 14.7 Å². The molecule has 1 N–H and O–H groups in total. The van der Waals surface area contributed by atoms with Gasteiger partial charge in [0.1, 0.15) is 0 Å². The SMILES string of the molecule is CN(C)C(=O)c1ccc(-c2ccc([C@@H]3[C@H](CO)N4CCCCN(C(=O)C5CC5)C[C@@H]34)cc2)cc1. The van der Waals surface area contributed by atoms with Gasteiger partial charge in [0.05, 0.1) is 6.61 Å². The number of fused-ring (bicyclic) bond motifs is 1. The van der Waals surface area contributed by atoms with Gasteiger partial charge >= 0.3 is 0 Å². The van der Waals surface area contributed by atoms with Crippen molar-refractivity contribution in [3.05, 3.63) is 59.7 Å². The van der Waals surface area contributed by atoms with Crippen LogP contribution in [0.3, 0.4) is 0 Å². The van der Waals surface area contributed by atoms with Crippen LogP contribution in [0.25, 0.3) is 11.1 Å². The van der Waals surface area contributed by atoms with Crippen LogP contribution in [0, 0.1) is 5.92 Å². The topological polar surface area (TPSA) is 64.1 Å². The largest absolute Gasteiger partial charge is 0.395 e. The fourth-order valence-corrected chi connectivity index (χ4v) is 5.69. The normalized spacial score (nSPS) is 25.0. The predicted molar refractivity (Wildman–Crippen MR) is 133 cm³/mol. The summed E-state index contributed by atoms with van der Waals surface area (Å²) in [5.74, 6) is 0.810. The van der Waals surface area contributed by atoms with Crippen LogP contribution < -0.4 is 0 Å². The van der Waals surface area contributed by atoms with Gasteiger partial charge in [-0.3, -0.25) is 14.5 Å². The van der Waals surface area contributed by atoms with Gasteiger partial charge in [0.15, 0.2) is 0 Å². The van der Waals surface area contributed by atoms with Crippen LogP contribution in [-0.2, 0) is 4.79 Å². The van der Waals surface area contributed by atoms with E-state index in [0.29, 0.717) is 11.5 Å². The van der Waals surface area contributed by atoms with Crippen LogP contribution >= 0.6 is 0 Å². The van der Waals surface area contributed by atoms with E-state index >= 15 is 0 Å². The van der Waals surface area contributed by atoms with E-state index in [-0.39, 0.29) is 36.4 Å². The number of benzene rings is 2. The van der Waals surface area contributed by atoms with Crippen LogP contribution in [0.1, 0.15) is 47.5 Å². The quantitative estimate of drug-likeness (QED) is 0.743.